The predicted molar refractivity (Wildman–Crippen MR) is 137 cm³/mol. The first-order valence-corrected chi connectivity index (χ1v) is 11.8. The number of carbonyl (C=O) groups excluding carboxylic acids is 2. The molecule has 0 aliphatic carbocycles. The smallest absolute Gasteiger partial charge is 0.266 e. The average molecular weight is 495 g/mol. The van der Waals surface area contributed by atoms with Gasteiger partial charge in [-0.15, -0.1) is 11.3 Å². The minimum absolute atomic E-state index is 0.303. The number of fused-ring (bicyclic) bond motifs is 1. The lowest BCUT2D eigenvalue weighted by Crippen LogP contribution is -2.32. The van der Waals surface area contributed by atoms with E-state index < -0.39 is 6.04 Å². The Morgan fingerprint density at radius 3 is 2.44 bits per heavy atom. The molecule has 0 aliphatic rings. The fourth-order valence-corrected chi connectivity index (χ4v) is 4.84. The fourth-order valence-electron chi connectivity index (χ4n) is 3.63. The van der Waals surface area contributed by atoms with Crippen molar-refractivity contribution in [3.8, 4) is 0 Å². The number of nitrogens with one attached hydrogen (secondary N) is 2. The Labute approximate surface area is 205 Å². The van der Waals surface area contributed by atoms with E-state index in [2.05, 4.69) is 15.6 Å². The number of carbonyl (C=O) groups is 2. The third-order valence-corrected chi connectivity index (χ3v) is 7.41. The summed E-state index contributed by atoms with van der Waals surface area (Å²) in [4.78, 5) is 44.4. The number of hydrogen-bond donors (Lipinski definition) is 2. The van der Waals surface area contributed by atoms with E-state index in [1.165, 1.54) is 10.9 Å². The van der Waals surface area contributed by atoms with Gasteiger partial charge in [0.05, 0.1) is 16.6 Å². The van der Waals surface area contributed by atoms with E-state index in [1.54, 1.807) is 39.0 Å². The second-order valence-electron chi connectivity index (χ2n) is 8.04. The Bertz CT molecular complexity index is 1490. The molecule has 34 heavy (non-hydrogen) atoms. The van der Waals surface area contributed by atoms with Crippen molar-refractivity contribution in [1.29, 1.82) is 0 Å². The third-order valence-electron chi connectivity index (χ3n) is 5.80. The summed E-state index contributed by atoms with van der Waals surface area (Å²) in [6, 6.07) is 11.9. The van der Waals surface area contributed by atoms with Gasteiger partial charge in [0, 0.05) is 16.4 Å². The largest absolute Gasteiger partial charge is 0.324 e. The first-order chi connectivity index (χ1) is 16.2. The molecule has 2 heterocycles. The molecule has 0 bridgehead atoms. The molecular formula is C25H23ClN4O3S. The minimum atomic E-state index is -0.827. The van der Waals surface area contributed by atoms with Gasteiger partial charge >= 0.3 is 0 Å². The molecule has 4 aromatic rings. The number of thiophene rings is 1. The molecule has 174 valence electrons. The molecule has 7 nitrogen and oxygen atoms in total. The van der Waals surface area contributed by atoms with Crippen molar-refractivity contribution in [3.63, 3.8) is 0 Å². The number of halogens is 1. The number of anilines is 2. The first kappa shape index (κ1) is 23.7. The molecule has 0 saturated carbocycles. The molecule has 0 radical (unpaired) electrons. The van der Waals surface area contributed by atoms with Gasteiger partial charge in [-0.3, -0.25) is 19.0 Å². The highest BCUT2D eigenvalue weighted by molar-refractivity contribution is 7.20. The maximum absolute atomic E-state index is 13.3. The van der Waals surface area contributed by atoms with Crippen LogP contribution in [0.1, 0.15) is 39.3 Å². The molecule has 0 saturated heterocycles. The highest BCUT2D eigenvalue weighted by Crippen LogP contribution is 2.29. The van der Waals surface area contributed by atoms with E-state index in [9.17, 15) is 14.4 Å². The molecule has 2 N–H and O–H groups in total. The first-order valence-electron chi connectivity index (χ1n) is 10.6. The average Bonchev–Trinajstić information content (AvgIpc) is 3.15. The number of para-hydroxylation sites is 1. The molecule has 2 aromatic carbocycles. The van der Waals surface area contributed by atoms with Crippen molar-refractivity contribution in [2.75, 3.05) is 10.6 Å². The van der Waals surface area contributed by atoms with Crippen LogP contribution in [0.15, 0.2) is 53.6 Å². The maximum Gasteiger partial charge on any atom is 0.266 e. The molecule has 0 aliphatic heterocycles. The second-order valence-corrected chi connectivity index (χ2v) is 9.45. The van der Waals surface area contributed by atoms with Crippen molar-refractivity contribution in [1.82, 2.24) is 9.55 Å². The Kier molecular flexibility index (Phi) is 6.54. The summed E-state index contributed by atoms with van der Waals surface area (Å²) in [5, 5.41) is 6.60. The number of hydrogen-bond acceptors (Lipinski definition) is 5. The molecule has 0 spiro atoms. The zero-order valence-electron chi connectivity index (χ0n) is 19.1. The Hall–Kier alpha value is -3.49. The van der Waals surface area contributed by atoms with Crippen LogP contribution in [0.3, 0.4) is 0 Å². The van der Waals surface area contributed by atoms with E-state index in [0.29, 0.717) is 37.1 Å². The molecule has 4 rings (SSSR count). The third kappa shape index (κ3) is 4.34. The molecule has 2 aromatic heterocycles. The zero-order chi connectivity index (χ0) is 24.6. The zero-order valence-corrected chi connectivity index (χ0v) is 20.7. The van der Waals surface area contributed by atoms with Crippen LogP contribution >= 0.6 is 22.9 Å². The number of benzene rings is 2. The second kappa shape index (κ2) is 9.40. The van der Waals surface area contributed by atoms with Crippen LogP contribution in [0.25, 0.3) is 10.2 Å². The summed E-state index contributed by atoms with van der Waals surface area (Å²) >= 11 is 7.30. The lowest BCUT2D eigenvalue weighted by molar-refractivity contribution is -0.118. The molecule has 0 fully saturated rings. The highest BCUT2D eigenvalue weighted by atomic mass is 35.5. The highest BCUT2D eigenvalue weighted by Gasteiger charge is 2.23. The van der Waals surface area contributed by atoms with Gasteiger partial charge in [-0.1, -0.05) is 35.9 Å². The quantitative estimate of drug-likeness (QED) is 0.383. The van der Waals surface area contributed by atoms with Crippen LogP contribution in [-0.2, 0) is 4.79 Å². The summed E-state index contributed by atoms with van der Waals surface area (Å²) < 4.78 is 1.28. The molecule has 9 heteroatoms. The van der Waals surface area contributed by atoms with Gasteiger partial charge in [0.2, 0.25) is 5.91 Å². The van der Waals surface area contributed by atoms with Crippen LogP contribution in [0.4, 0.5) is 11.4 Å². The van der Waals surface area contributed by atoms with Gasteiger partial charge in [-0.25, -0.2) is 4.98 Å². The van der Waals surface area contributed by atoms with Crippen LogP contribution in [0.2, 0.25) is 5.02 Å². The van der Waals surface area contributed by atoms with Crippen molar-refractivity contribution in [2.45, 2.75) is 33.7 Å². The van der Waals surface area contributed by atoms with Gasteiger partial charge < -0.3 is 10.6 Å². The minimum Gasteiger partial charge on any atom is -0.324 e. The fraction of sp³-hybridized carbons (Fsp3) is 0.200. The summed E-state index contributed by atoms with van der Waals surface area (Å²) in [6.07, 6.45) is 1.35. The van der Waals surface area contributed by atoms with Crippen LogP contribution in [0.5, 0.6) is 0 Å². The Morgan fingerprint density at radius 2 is 1.71 bits per heavy atom. The number of rotatable bonds is 5. The molecule has 1 unspecified atom stereocenters. The van der Waals surface area contributed by atoms with Crippen LogP contribution < -0.4 is 16.2 Å². The van der Waals surface area contributed by atoms with Gasteiger partial charge in [0.25, 0.3) is 11.5 Å². The standard InChI is InChI=1S/C25H23ClN4O3S/c1-13-8-5-6-10-18(13)28-23(32)21-15(3)20-24(34-21)27-12-30(25(20)33)16(4)22(31)29-19-11-7-9-17(26)14(19)2/h5-12,16H,1-4H3,(H,28,32)(H,29,31). The van der Waals surface area contributed by atoms with Crippen LogP contribution in [-0.4, -0.2) is 21.4 Å². The van der Waals surface area contributed by atoms with E-state index in [0.717, 1.165) is 22.5 Å². The topological polar surface area (TPSA) is 93.1 Å². The van der Waals surface area contributed by atoms with Gasteiger partial charge in [0.1, 0.15) is 10.9 Å². The lowest BCUT2D eigenvalue weighted by atomic mass is 10.1. The molecular weight excluding hydrogens is 472 g/mol. The SMILES string of the molecule is Cc1ccccc1NC(=O)c1sc2ncn(C(C)C(=O)Nc3cccc(Cl)c3C)c(=O)c2c1C. The van der Waals surface area contributed by atoms with Crippen molar-refractivity contribution in [3.05, 3.63) is 85.7 Å². The monoisotopic (exact) mass is 494 g/mol. The Balaban J connectivity index is 1.65. The van der Waals surface area contributed by atoms with E-state index in [-0.39, 0.29) is 17.4 Å². The summed E-state index contributed by atoms with van der Waals surface area (Å²) in [7, 11) is 0. The number of aryl methyl sites for hydroxylation is 2. The summed E-state index contributed by atoms with van der Waals surface area (Å²) in [5.74, 6) is -0.679. The van der Waals surface area contributed by atoms with Crippen molar-refractivity contribution >= 4 is 56.3 Å². The number of nitrogens with zero attached hydrogens (tertiary/aromatic N) is 2. The van der Waals surface area contributed by atoms with Crippen molar-refractivity contribution < 1.29 is 9.59 Å². The lowest BCUT2D eigenvalue weighted by Gasteiger charge is -2.16. The van der Waals surface area contributed by atoms with E-state index in [4.69, 9.17) is 11.6 Å². The molecule has 2 amide bonds. The van der Waals surface area contributed by atoms with Gasteiger partial charge in [-0.2, -0.15) is 0 Å². The normalized spacial score (nSPS) is 11.9. The van der Waals surface area contributed by atoms with Gasteiger partial charge in [-0.05, 0) is 62.6 Å². The number of aromatic nitrogens is 2. The summed E-state index contributed by atoms with van der Waals surface area (Å²) in [5.41, 5.74) is 3.12. The number of amides is 2. The van der Waals surface area contributed by atoms with Gasteiger partial charge in [0.15, 0.2) is 0 Å². The van der Waals surface area contributed by atoms with E-state index in [1.807, 2.05) is 31.2 Å². The molecule has 1 atom stereocenters. The van der Waals surface area contributed by atoms with Crippen LogP contribution in [0, 0.1) is 20.8 Å². The maximum atomic E-state index is 13.3. The summed E-state index contributed by atoms with van der Waals surface area (Å²) in [6.45, 7) is 7.06. The Morgan fingerprint density at radius 1 is 1.00 bits per heavy atom. The van der Waals surface area contributed by atoms with Crippen molar-refractivity contribution in [2.24, 2.45) is 0 Å². The predicted octanol–water partition coefficient (Wildman–Crippen LogP) is 5.49. The van der Waals surface area contributed by atoms with E-state index >= 15 is 0 Å².